The molecule has 0 unspecified atom stereocenters. The van der Waals surface area contributed by atoms with Crippen LogP contribution >= 0.6 is 23.2 Å². The topological polar surface area (TPSA) is 50.7 Å². The highest BCUT2D eigenvalue weighted by Crippen LogP contribution is 2.34. The van der Waals surface area contributed by atoms with E-state index in [2.05, 4.69) is 5.32 Å². The molecule has 0 atom stereocenters. The number of rotatable bonds is 10. The monoisotopic (exact) mass is 369 g/mol. The third-order valence-corrected chi connectivity index (χ3v) is 3.83. The summed E-state index contributed by atoms with van der Waals surface area (Å²) in [5.74, 6) is 0.497. The number of ether oxygens (including phenoxy) is 2. The van der Waals surface area contributed by atoms with Crippen molar-refractivity contribution in [1.29, 1.82) is 0 Å². The van der Waals surface area contributed by atoms with Gasteiger partial charge in [0.15, 0.2) is 5.75 Å². The minimum atomic E-state index is 0.0374. The van der Waals surface area contributed by atoms with Gasteiger partial charge in [0.25, 0.3) is 0 Å². The number of aliphatic hydroxyl groups is 1. The molecule has 0 aliphatic heterocycles. The Morgan fingerprint density at radius 2 is 1.67 bits per heavy atom. The van der Waals surface area contributed by atoms with Crippen molar-refractivity contribution in [1.82, 2.24) is 5.32 Å². The molecular weight excluding hydrogens is 349 g/mol. The van der Waals surface area contributed by atoms with Crippen molar-refractivity contribution in [3.05, 3.63) is 63.6 Å². The lowest BCUT2D eigenvalue weighted by Crippen LogP contribution is -2.20. The number of nitrogens with one attached hydrogen (secondary N) is 1. The fourth-order valence-corrected chi connectivity index (χ4v) is 2.77. The van der Waals surface area contributed by atoms with Crippen LogP contribution in [0.25, 0.3) is 0 Å². The first kappa shape index (κ1) is 19.0. The molecule has 0 saturated heterocycles. The van der Waals surface area contributed by atoms with E-state index in [1.807, 2.05) is 42.5 Å². The summed E-state index contributed by atoms with van der Waals surface area (Å²) in [6.45, 7) is 2.66. The van der Waals surface area contributed by atoms with Crippen molar-refractivity contribution in [2.45, 2.75) is 13.2 Å². The quantitative estimate of drug-likeness (QED) is 0.627. The van der Waals surface area contributed by atoms with Gasteiger partial charge in [-0.2, -0.15) is 0 Å². The molecule has 0 bridgehead atoms. The highest BCUT2D eigenvalue weighted by Gasteiger charge is 2.10. The predicted molar refractivity (Wildman–Crippen MR) is 96.8 cm³/mol. The van der Waals surface area contributed by atoms with E-state index in [4.69, 9.17) is 37.8 Å². The summed E-state index contributed by atoms with van der Waals surface area (Å²) in [6.07, 6.45) is 0. The third kappa shape index (κ3) is 6.30. The highest BCUT2D eigenvalue weighted by molar-refractivity contribution is 6.37. The second-order valence-electron chi connectivity index (χ2n) is 5.18. The molecule has 2 N–H and O–H groups in total. The van der Waals surface area contributed by atoms with Crippen LogP contribution in [-0.4, -0.2) is 31.5 Å². The standard InChI is InChI=1S/C18H21Cl2NO3/c19-16-10-15(12-21-6-8-23-9-7-22)11-17(20)18(16)24-13-14-4-2-1-3-5-14/h1-5,10-11,21-22H,6-9,12-13H2. The van der Waals surface area contributed by atoms with Gasteiger partial charge in [-0.3, -0.25) is 0 Å². The third-order valence-electron chi connectivity index (χ3n) is 3.27. The number of hydrogen-bond donors (Lipinski definition) is 2. The van der Waals surface area contributed by atoms with Gasteiger partial charge in [0.1, 0.15) is 6.61 Å². The summed E-state index contributed by atoms with van der Waals surface area (Å²) < 4.78 is 10.9. The molecule has 2 aromatic carbocycles. The maximum absolute atomic E-state index is 8.62. The number of aliphatic hydroxyl groups excluding tert-OH is 1. The van der Waals surface area contributed by atoms with E-state index >= 15 is 0 Å². The molecule has 2 aromatic rings. The molecule has 0 fully saturated rings. The Balaban J connectivity index is 1.86. The van der Waals surface area contributed by atoms with Crippen LogP contribution in [0.5, 0.6) is 5.75 Å². The number of halogens is 2. The van der Waals surface area contributed by atoms with Crippen LogP contribution in [0.2, 0.25) is 10.0 Å². The first-order chi connectivity index (χ1) is 11.7. The van der Waals surface area contributed by atoms with Crippen LogP contribution in [0.3, 0.4) is 0 Å². The van der Waals surface area contributed by atoms with Gasteiger partial charge in [0.2, 0.25) is 0 Å². The van der Waals surface area contributed by atoms with Crippen LogP contribution in [0.1, 0.15) is 11.1 Å². The molecule has 0 aliphatic carbocycles. The van der Waals surface area contributed by atoms with Crippen LogP contribution in [-0.2, 0) is 17.9 Å². The van der Waals surface area contributed by atoms with Gasteiger partial charge in [-0.05, 0) is 23.3 Å². The van der Waals surface area contributed by atoms with E-state index < -0.39 is 0 Å². The first-order valence-electron chi connectivity index (χ1n) is 7.74. The molecule has 0 saturated carbocycles. The van der Waals surface area contributed by atoms with Crippen molar-refractivity contribution < 1.29 is 14.6 Å². The summed E-state index contributed by atoms with van der Waals surface area (Å²) in [6, 6.07) is 13.5. The average molecular weight is 370 g/mol. The SMILES string of the molecule is OCCOCCNCc1cc(Cl)c(OCc2ccccc2)c(Cl)c1. The minimum absolute atomic E-state index is 0.0374. The zero-order chi connectivity index (χ0) is 17.2. The fourth-order valence-electron chi connectivity index (χ4n) is 2.13. The van der Waals surface area contributed by atoms with Crippen LogP contribution in [0, 0.1) is 0 Å². The summed E-state index contributed by atoms with van der Waals surface area (Å²) >= 11 is 12.6. The minimum Gasteiger partial charge on any atom is -0.486 e. The summed E-state index contributed by atoms with van der Waals surface area (Å²) in [5, 5.41) is 12.8. The number of hydrogen-bond acceptors (Lipinski definition) is 4. The molecule has 0 radical (unpaired) electrons. The highest BCUT2D eigenvalue weighted by atomic mass is 35.5. The Hall–Kier alpha value is -1.30. The molecule has 4 nitrogen and oxygen atoms in total. The van der Waals surface area contributed by atoms with Gasteiger partial charge < -0.3 is 19.9 Å². The molecule has 2 rings (SSSR count). The zero-order valence-corrected chi connectivity index (χ0v) is 14.8. The number of benzene rings is 2. The summed E-state index contributed by atoms with van der Waals surface area (Å²) in [5.41, 5.74) is 2.03. The van der Waals surface area contributed by atoms with Crippen molar-refractivity contribution in [3.63, 3.8) is 0 Å². The van der Waals surface area contributed by atoms with E-state index in [1.165, 1.54) is 0 Å². The van der Waals surface area contributed by atoms with Crippen LogP contribution in [0.15, 0.2) is 42.5 Å². The molecule has 6 heteroatoms. The molecule has 0 aliphatic rings. The van der Waals surface area contributed by atoms with Gasteiger partial charge in [-0.1, -0.05) is 53.5 Å². The van der Waals surface area contributed by atoms with Gasteiger partial charge in [-0.25, -0.2) is 0 Å². The Kier molecular flexibility index (Phi) is 8.36. The predicted octanol–water partition coefficient (Wildman–Crippen LogP) is 3.67. The van der Waals surface area contributed by atoms with Gasteiger partial charge in [0.05, 0.1) is 29.9 Å². The average Bonchev–Trinajstić information content (AvgIpc) is 2.58. The van der Waals surface area contributed by atoms with E-state index in [1.54, 1.807) is 0 Å². The maximum Gasteiger partial charge on any atom is 0.156 e. The molecule has 130 valence electrons. The van der Waals surface area contributed by atoms with E-state index in [-0.39, 0.29) is 6.61 Å². The lowest BCUT2D eigenvalue weighted by molar-refractivity contribution is 0.0938. The van der Waals surface area contributed by atoms with Crippen molar-refractivity contribution in [2.24, 2.45) is 0 Å². The van der Waals surface area contributed by atoms with Gasteiger partial charge >= 0.3 is 0 Å². The van der Waals surface area contributed by atoms with E-state index in [0.717, 1.165) is 11.1 Å². The smallest absolute Gasteiger partial charge is 0.156 e. The first-order valence-corrected chi connectivity index (χ1v) is 8.50. The van der Waals surface area contributed by atoms with E-state index in [9.17, 15) is 0 Å². The van der Waals surface area contributed by atoms with Crippen molar-refractivity contribution >= 4 is 23.2 Å². The van der Waals surface area contributed by atoms with E-state index in [0.29, 0.717) is 48.7 Å². The second-order valence-corrected chi connectivity index (χ2v) is 5.99. The normalized spacial score (nSPS) is 10.8. The molecule has 0 heterocycles. The molecule has 0 amide bonds. The van der Waals surface area contributed by atoms with Gasteiger partial charge in [-0.15, -0.1) is 0 Å². The Bertz CT molecular complexity index is 600. The lowest BCUT2D eigenvalue weighted by atomic mass is 10.2. The molecule has 0 spiro atoms. The lowest BCUT2D eigenvalue weighted by Gasteiger charge is -2.12. The van der Waals surface area contributed by atoms with Crippen LogP contribution < -0.4 is 10.1 Å². The second kappa shape index (κ2) is 10.5. The largest absolute Gasteiger partial charge is 0.486 e. The maximum atomic E-state index is 8.62. The van der Waals surface area contributed by atoms with Crippen molar-refractivity contribution in [2.75, 3.05) is 26.4 Å². The van der Waals surface area contributed by atoms with Gasteiger partial charge in [0, 0.05) is 13.1 Å². The molecular formula is C18H21Cl2NO3. The summed E-state index contributed by atoms with van der Waals surface area (Å²) in [4.78, 5) is 0. The summed E-state index contributed by atoms with van der Waals surface area (Å²) in [7, 11) is 0. The zero-order valence-electron chi connectivity index (χ0n) is 13.3. The van der Waals surface area contributed by atoms with Crippen molar-refractivity contribution in [3.8, 4) is 5.75 Å². The fraction of sp³-hybridized carbons (Fsp3) is 0.333. The van der Waals surface area contributed by atoms with Crippen LogP contribution in [0.4, 0.5) is 0 Å². The Morgan fingerprint density at radius 3 is 2.33 bits per heavy atom. The Morgan fingerprint density at radius 1 is 0.958 bits per heavy atom. The Labute approximate surface area is 152 Å². The molecule has 24 heavy (non-hydrogen) atoms. The molecule has 0 aromatic heterocycles.